The van der Waals surface area contributed by atoms with Crippen LogP contribution in [0.1, 0.15) is 38.3 Å². The van der Waals surface area contributed by atoms with E-state index in [1.807, 2.05) is 19.2 Å². The van der Waals surface area contributed by atoms with Crippen LogP contribution in [-0.4, -0.2) is 81.8 Å². The molecule has 30 heavy (non-hydrogen) atoms. The van der Waals surface area contributed by atoms with E-state index in [0.29, 0.717) is 0 Å². The Morgan fingerprint density at radius 1 is 1.17 bits per heavy atom. The first-order valence-corrected chi connectivity index (χ1v) is 11.3. The van der Waals surface area contributed by atoms with Gasteiger partial charge in [0.1, 0.15) is 0 Å². The topological polar surface area (TPSA) is 52.1 Å². The van der Waals surface area contributed by atoms with E-state index < -0.39 is 0 Å². The number of morpholine rings is 1. The Kier molecular flexibility index (Phi) is 14.7. The van der Waals surface area contributed by atoms with Crippen LogP contribution in [-0.2, 0) is 4.74 Å². The first-order chi connectivity index (χ1) is 14.2. The van der Waals surface area contributed by atoms with Gasteiger partial charge in [-0.2, -0.15) is 0 Å². The highest BCUT2D eigenvalue weighted by atomic mass is 127. The average Bonchev–Trinajstić information content (AvgIpc) is 2.76. The number of benzene rings is 1. The van der Waals surface area contributed by atoms with Gasteiger partial charge in [-0.05, 0) is 44.1 Å². The maximum absolute atomic E-state index is 6.50. The van der Waals surface area contributed by atoms with Crippen LogP contribution in [0.5, 0.6) is 0 Å². The van der Waals surface area contributed by atoms with Gasteiger partial charge >= 0.3 is 0 Å². The van der Waals surface area contributed by atoms with Crippen molar-refractivity contribution in [3.05, 3.63) is 34.9 Å². The van der Waals surface area contributed by atoms with Crippen molar-refractivity contribution in [2.45, 2.75) is 32.7 Å². The van der Waals surface area contributed by atoms with Crippen LogP contribution in [0.4, 0.5) is 0 Å². The third-order valence-electron chi connectivity index (χ3n) is 5.50. The lowest BCUT2D eigenvalue weighted by atomic mass is 10.0. The molecule has 1 aromatic rings. The van der Waals surface area contributed by atoms with Crippen molar-refractivity contribution in [1.82, 2.24) is 20.4 Å². The van der Waals surface area contributed by atoms with Crippen LogP contribution in [0.3, 0.4) is 0 Å². The number of likely N-dealkylation sites (N-methyl/N-ethyl adjacent to an activating group) is 1. The van der Waals surface area contributed by atoms with Crippen LogP contribution >= 0.6 is 35.6 Å². The molecule has 0 saturated carbocycles. The fourth-order valence-corrected chi connectivity index (χ4v) is 4.01. The summed E-state index contributed by atoms with van der Waals surface area (Å²) in [6, 6.07) is 8.33. The molecule has 0 aromatic heterocycles. The molecule has 2 N–H and O–H groups in total. The highest BCUT2D eigenvalue weighted by Crippen LogP contribution is 2.26. The third kappa shape index (κ3) is 9.26. The number of nitrogens with one attached hydrogen (secondary N) is 2. The predicted molar refractivity (Wildman–Crippen MR) is 138 cm³/mol. The van der Waals surface area contributed by atoms with Gasteiger partial charge in [-0.1, -0.05) is 43.6 Å². The monoisotopic (exact) mass is 551 g/mol. The van der Waals surface area contributed by atoms with Crippen molar-refractivity contribution in [2.75, 3.05) is 66.1 Å². The summed E-state index contributed by atoms with van der Waals surface area (Å²) in [6.07, 6.45) is 2.31. The normalized spacial score (nSPS) is 16.2. The van der Waals surface area contributed by atoms with Gasteiger partial charge in [-0.3, -0.25) is 14.8 Å². The first kappa shape index (κ1) is 27.4. The minimum Gasteiger partial charge on any atom is -0.379 e. The fourth-order valence-electron chi connectivity index (χ4n) is 3.75. The summed E-state index contributed by atoms with van der Waals surface area (Å²) in [6.45, 7) is 13.0. The van der Waals surface area contributed by atoms with Crippen LogP contribution in [0, 0.1) is 0 Å². The lowest BCUT2D eigenvalue weighted by Gasteiger charge is -2.31. The van der Waals surface area contributed by atoms with E-state index in [2.05, 4.69) is 51.4 Å². The van der Waals surface area contributed by atoms with Gasteiger partial charge < -0.3 is 15.4 Å². The number of ether oxygens (including phenoxy) is 1. The second kappa shape index (κ2) is 16.1. The SMILES string of the molecule is CCN(CC)C(CNC(=NC)NCCCCN1CCOCC1)c1ccccc1Cl.I. The second-order valence-electron chi connectivity index (χ2n) is 7.30. The van der Waals surface area contributed by atoms with E-state index in [0.717, 1.165) is 82.0 Å². The van der Waals surface area contributed by atoms with Crippen molar-refractivity contribution in [3.63, 3.8) is 0 Å². The van der Waals surface area contributed by atoms with Crippen LogP contribution in [0.25, 0.3) is 0 Å². The van der Waals surface area contributed by atoms with Gasteiger partial charge in [0.15, 0.2) is 5.96 Å². The maximum atomic E-state index is 6.50. The molecule has 1 atom stereocenters. The molecule has 1 aliphatic heterocycles. The minimum absolute atomic E-state index is 0. The van der Waals surface area contributed by atoms with E-state index in [9.17, 15) is 0 Å². The number of hydrogen-bond donors (Lipinski definition) is 2. The van der Waals surface area contributed by atoms with Gasteiger partial charge in [-0.25, -0.2) is 0 Å². The maximum Gasteiger partial charge on any atom is 0.191 e. The zero-order valence-electron chi connectivity index (χ0n) is 18.7. The molecule has 0 aliphatic carbocycles. The van der Waals surface area contributed by atoms with E-state index in [1.165, 1.54) is 6.42 Å². The number of unbranched alkanes of at least 4 members (excludes halogenated alkanes) is 1. The van der Waals surface area contributed by atoms with E-state index in [1.54, 1.807) is 0 Å². The van der Waals surface area contributed by atoms with Crippen molar-refractivity contribution < 1.29 is 4.74 Å². The van der Waals surface area contributed by atoms with Crippen LogP contribution in [0.15, 0.2) is 29.3 Å². The van der Waals surface area contributed by atoms with Gasteiger partial charge in [0.25, 0.3) is 0 Å². The van der Waals surface area contributed by atoms with E-state index in [4.69, 9.17) is 16.3 Å². The lowest BCUT2D eigenvalue weighted by molar-refractivity contribution is 0.0372. The molecule has 2 rings (SSSR count). The summed E-state index contributed by atoms with van der Waals surface area (Å²) in [5, 5.41) is 7.76. The van der Waals surface area contributed by atoms with Crippen molar-refractivity contribution >= 4 is 41.5 Å². The molecule has 0 amide bonds. The molecule has 8 heteroatoms. The van der Waals surface area contributed by atoms with Gasteiger partial charge in [-0.15, -0.1) is 24.0 Å². The van der Waals surface area contributed by atoms with E-state index in [-0.39, 0.29) is 30.0 Å². The number of aliphatic imine (C=N–C) groups is 1. The largest absolute Gasteiger partial charge is 0.379 e. The molecule has 1 saturated heterocycles. The van der Waals surface area contributed by atoms with Crippen LogP contribution < -0.4 is 10.6 Å². The molecule has 0 spiro atoms. The number of nitrogens with zero attached hydrogens (tertiary/aromatic N) is 3. The molecule has 6 nitrogen and oxygen atoms in total. The lowest BCUT2D eigenvalue weighted by Crippen LogP contribution is -2.43. The molecule has 0 bridgehead atoms. The summed E-state index contributed by atoms with van der Waals surface area (Å²) < 4.78 is 5.40. The van der Waals surface area contributed by atoms with Gasteiger partial charge in [0.05, 0.1) is 19.3 Å². The molecule has 172 valence electrons. The van der Waals surface area contributed by atoms with Crippen molar-refractivity contribution in [2.24, 2.45) is 4.99 Å². The first-order valence-electron chi connectivity index (χ1n) is 10.9. The highest BCUT2D eigenvalue weighted by molar-refractivity contribution is 14.0. The predicted octanol–water partition coefficient (Wildman–Crippen LogP) is 3.62. The molecule has 0 radical (unpaired) electrons. The average molecular weight is 552 g/mol. The van der Waals surface area contributed by atoms with Crippen molar-refractivity contribution in [1.29, 1.82) is 0 Å². The summed E-state index contributed by atoms with van der Waals surface area (Å²) in [4.78, 5) is 9.29. The molecular formula is C22H39ClIN5O. The number of hydrogen-bond acceptors (Lipinski definition) is 4. The Morgan fingerprint density at radius 2 is 1.87 bits per heavy atom. The summed E-state index contributed by atoms with van der Waals surface area (Å²) >= 11 is 6.50. The quantitative estimate of drug-likeness (QED) is 0.190. The molecule has 1 aliphatic rings. The van der Waals surface area contributed by atoms with Crippen LogP contribution in [0.2, 0.25) is 5.02 Å². The zero-order valence-corrected chi connectivity index (χ0v) is 21.8. The molecule has 1 heterocycles. The molecule has 1 aromatic carbocycles. The summed E-state index contributed by atoms with van der Waals surface area (Å²) in [5.41, 5.74) is 1.16. The third-order valence-corrected chi connectivity index (χ3v) is 5.85. The Hall–Kier alpha value is -0.610. The summed E-state index contributed by atoms with van der Waals surface area (Å²) in [7, 11) is 1.82. The van der Waals surface area contributed by atoms with Crippen molar-refractivity contribution in [3.8, 4) is 0 Å². The number of halogens is 2. The Morgan fingerprint density at radius 3 is 2.50 bits per heavy atom. The highest BCUT2D eigenvalue weighted by Gasteiger charge is 2.20. The number of guanidine groups is 1. The Balaban J connectivity index is 0.00000450. The smallest absolute Gasteiger partial charge is 0.191 e. The molecular weight excluding hydrogens is 513 g/mol. The summed E-state index contributed by atoms with van der Waals surface area (Å²) in [5.74, 6) is 0.848. The Labute approximate surface area is 204 Å². The van der Waals surface area contributed by atoms with E-state index >= 15 is 0 Å². The Bertz CT molecular complexity index is 609. The molecule has 1 fully saturated rings. The zero-order chi connectivity index (χ0) is 20.9. The fraction of sp³-hybridized carbons (Fsp3) is 0.682. The van der Waals surface area contributed by atoms with Gasteiger partial charge in [0.2, 0.25) is 0 Å². The molecule has 1 unspecified atom stereocenters. The number of rotatable bonds is 11. The second-order valence-corrected chi connectivity index (χ2v) is 7.71. The minimum atomic E-state index is 0. The van der Waals surface area contributed by atoms with Gasteiger partial charge in [0, 0.05) is 38.2 Å². The standard InChI is InChI=1S/C22H38ClN5O.HI/c1-4-28(5-2)21(19-10-6-7-11-20(19)23)18-26-22(24-3)25-12-8-9-13-27-14-16-29-17-15-27;/h6-7,10-11,21H,4-5,8-9,12-18H2,1-3H3,(H2,24,25,26);1H.